The highest BCUT2D eigenvalue weighted by Gasteiger charge is 2.07. The minimum Gasteiger partial charge on any atom is -0.347 e. The zero-order valence-electron chi connectivity index (χ0n) is 14.9. The molecule has 0 unspecified atom stereocenters. The van der Waals surface area contributed by atoms with Gasteiger partial charge in [-0.05, 0) is 49.6 Å². The fourth-order valence-corrected chi connectivity index (χ4v) is 2.18. The van der Waals surface area contributed by atoms with Crippen molar-refractivity contribution in [3.05, 3.63) is 42.2 Å². The SMILES string of the molecule is Cc1ccnc(-c2ccc(NC(=O)CNC(=O)CCC(C)C)cc2)n1. The quantitative estimate of drug-likeness (QED) is 0.811. The largest absolute Gasteiger partial charge is 0.347 e. The Morgan fingerprint density at radius 3 is 2.44 bits per heavy atom. The molecule has 0 aliphatic heterocycles. The van der Waals surface area contributed by atoms with Crippen LogP contribution in [0.2, 0.25) is 0 Å². The first-order valence-electron chi connectivity index (χ1n) is 8.40. The molecule has 6 nitrogen and oxygen atoms in total. The molecule has 6 heteroatoms. The average molecular weight is 340 g/mol. The van der Waals surface area contributed by atoms with Gasteiger partial charge in [-0.3, -0.25) is 9.59 Å². The van der Waals surface area contributed by atoms with E-state index >= 15 is 0 Å². The summed E-state index contributed by atoms with van der Waals surface area (Å²) in [7, 11) is 0. The van der Waals surface area contributed by atoms with Gasteiger partial charge in [0.2, 0.25) is 11.8 Å². The van der Waals surface area contributed by atoms with Crippen molar-refractivity contribution >= 4 is 17.5 Å². The number of anilines is 1. The highest BCUT2D eigenvalue weighted by atomic mass is 16.2. The molecule has 25 heavy (non-hydrogen) atoms. The molecule has 0 spiro atoms. The lowest BCUT2D eigenvalue weighted by Gasteiger charge is -2.08. The Bertz CT molecular complexity index is 726. The van der Waals surface area contributed by atoms with E-state index in [-0.39, 0.29) is 18.4 Å². The van der Waals surface area contributed by atoms with Gasteiger partial charge in [0.15, 0.2) is 5.82 Å². The van der Waals surface area contributed by atoms with Gasteiger partial charge in [0.05, 0.1) is 6.54 Å². The van der Waals surface area contributed by atoms with E-state index in [4.69, 9.17) is 0 Å². The number of nitrogens with zero attached hydrogens (tertiary/aromatic N) is 2. The van der Waals surface area contributed by atoms with Crippen molar-refractivity contribution in [1.82, 2.24) is 15.3 Å². The maximum absolute atomic E-state index is 11.9. The minimum atomic E-state index is -0.252. The summed E-state index contributed by atoms with van der Waals surface area (Å²) >= 11 is 0. The highest BCUT2D eigenvalue weighted by molar-refractivity contribution is 5.94. The molecule has 0 bridgehead atoms. The molecule has 0 fully saturated rings. The average Bonchev–Trinajstić information content (AvgIpc) is 2.59. The van der Waals surface area contributed by atoms with Gasteiger partial charge in [0.1, 0.15) is 0 Å². The Hall–Kier alpha value is -2.76. The van der Waals surface area contributed by atoms with Gasteiger partial charge < -0.3 is 10.6 Å². The van der Waals surface area contributed by atoms with Crippen LogP contribution in [0.15, 0.2) is 36.5 Å². The summed E-state index contributed by atoms with van der Waals surface area (Å²) in [4.78, 5) is 32.1. The predicted molar refractivity (Wildman–Crippen MR) is 97.9 cm³/mol. The van der Waals surface area contributed by atoms with Crippen molar-refractivity contribution in [2.24, 2.45) is 5.92 Å². The van der Waals surface area contributed by atoms with Gasteiger partial charge in [0, 0.05) is 29.6 Å². The molecule has 0 aliphatic carbocycles. The lowest BCUT2D eigenvalue weighted by Crippen LogP contribution is -2.32. The Morgan fingerprint density at radius 1 is 1.08 bits per heavy atom. The molecule has 2 rings (SSSR count). The van der Waals surface area contributed by atoms with Crippen LogP contribution in [0, 0.1) is 12.8 Å². The van der Waals surface area contributed by atoms with E-state index in [0.717, 1.165) is 17.7 Å². The van der Waals surface area contributed by atoms with Crippen LogP contribution in [0.5, 0.6) is 0 Å². The van der Waals surface area contributed by atoms with Crippen molar-refractivity contribution < 1.29 is 9.59 Å². The fourth-order valence-electron chi connectivity index (χ4n) is 2.18. The third-order valence-corrected chi connectivity index (χ3v) is 3.62. The lowest BCUT2D eigenvalue weighted by atomic mass is 10.1. The summed E-state index contributed by atoms with van der Waals surface area (Å²) in [6.07, 6.45) is 2.97. The molecule has 0 saturated carbocycles. The van der Waals surface area contributed by atoms with E-state index in [2.05, 4.69) is 34.4 Å². The van der Waals surface area contributed by atoms with Gasteiger partial charge in [-0.2, -0.15) is 0 Å². The minimum absolute atomic E-state index is 0.0281. The van der Waals surface area contributed by atoms with Crippen LogP contribution in [0.3, 0.4) is 0 Å². The van der Waals surface area contributed by atoms with Crippen molar-refractivity contribution in [1.29, 1.82) is 0 Å². The summed E-state index contributed by atoms with van der Waals surface area (Å²) in [6, 6.07) is 9.13. The summed E-state index contributed by atoms with van der Waals surface area (Å²) in [5, 5.41) is 5.39. The first-order chi connectivity index (χ1) is 11.9. The van der Waals surface area contributed by atoms with Gasteiger partial charge >= 0.3 is 0 Å². The molecule has 0 radical (unpaired) electrons. The maximum Gasteiger partial charge on any atom is 0.243 e. The molecule has 2 amide bonds. The van der Waals surface area contributed by atoms with Gasteiger partial charge in [-0.1, -0.05) is 13.8 Å². The zero-order valence-corrected chi connectivity index (χ0v) is 14.9. The number of aryl methyl sites for hydroxylation is 1. The number of rotatable bonds is 7. The molecule has 0 aliphatic rings. The summed E-state index contributed by atoms with van der Waals surface area (Å²) < 4.78 is 0. The number of carbonyl (C=O) groups is 2. The normalized spacial score (nSPS) is 10.6. The Kier molecular flexibility index (Phi) is 6.62. The van der Waals surface area contributed by atoms with Crippen molar-refractivity contribution in [2.45, 2.75) is 33.6 Å². The van der Waals surface area contributed by atoms with Crippen LogP contribution in [0.4, 0.5) is 5.69 Å². The Balaban J connectivity index is 1.84. The summed E-state index contributed by atoms with van der Waals surface area (Å²) in [6.45, 7) is 6.01. The van der Waals surface area contributed by atoms with Gasteiger partial charge in [-0.15, -0.1) is 0 Å². The highest BCUT2D eigenvalue weighted by Crippen LogP contribution is 2.17. The first-order valence-corrected chi connectivity index (χ1v) is 8.40. The Morgan fingerprint density at radius 2 is 1.80 bits per heavy atom. The standard InChI is InChI=1S/C19H24N4O2/c1-13(2)4-9-17(24)21-12-18(25)23-16-7-5-15(6-8-16)19-20-11-10-14(3)22-19/h5-8,10-11,13H,4,9,12H2,1-3H3,(H,21,24)(H,23,25). The monoisotopic (exact) mass is 340 g/mol. The van der Waals surface area contributed by atoms with Crippen molar-refractivity contribution in [2.75, 3.05) is 11.9 Å². The van der Waals surface area contributed by atoms with Crippen LogP contribution >= 0.6 is 0 Å². The van der Waals surface area contributed by atoms with Crippen LogP contribution in [0.1, 0.15) is 32.4 Å². The second-order valence-electron chi connectivity index (χ2n) is 6.36. The second-order valence-corrected chi connectivity index (χ2v) is 6.36. The molecular weight excluding hydrogens is 316 g/mol. The van der Waals surface area contributed by atoms with E-state index in [1.165, 1.54) is 0 Å². The van der Waals surface area contributed by atoms with Crippen molar-refractivity contribution in [3.8, 4) is 11.4 Å². The topological polar surface area (TPSA) is 84.0 Å². The first kappa shape index (κ1) is 18.6. The van der Waals surface area contributed by atoms with Crippen LogP contribution in [-0.4, -0.2) is 28.3 Å². The van der Waals surface area contributed by atoms with Crippen LogP contribution < -0.4 is 10.6 Å². The third kappa shape index (κ3) is 6.33. The van der Waals surface area contributed by atoms with Crippen molar-refractivity contribution in [3.63, 3.8) is 0 Å². The molecule has 2 N–H and O–H groups in total. The van der Waals surface area contributed by atoms with E-state index in [1.807, 2.05) is 25.1 Å². The molecule has 2 aromatic rings. The zero-order chi connectivity index (χ0) is 18.2. The molecule has 132 valence electrons. The molecule has 1 aromatic heterocycles. The number of benzene rings is 1. The fraction of sp³-hybridized carbons (Fsp3) is 0.368. The Labute approximate surface area is 148 Å². The molecule has 1 heterocycles. The van der Waals surface area contributed by atoms with E-state index < -0.39 is 0 Å². The number of aromatic nitrogens is 2. The molecule has 0 saturated heterocycles. The van der Waals surface area contributed by atoms with Crippen LogP contribution in [-0.2, 0) is 9.59 Å². The maximum atomic E-state index is 11.9. The number of amides is 2. The predicted octanol–water partition coefficient (Wildman–Crippen LogP) is 2.94. The van der Waals surface area contributed by atoms with E-state index in [9.17, 15) is 9.59 Å². The van der Waals surface area contributed by atoms with E-state index in [0.29, 0.717) is 23.9 Å². The van der Waals surface area contributed by atoms with Gasteiger partial charge in [-0.25, -0.2) is 9.97 Å². The number of nitrogens with one attached hydrogen (secondary N) is 2. The summed E-state index contributed by atoms with van der Waals surface area (Å²) in [5.74, 6) is 0.763. The number of hydrogen-bond acceptors (Lipinski definition) is 4. The smallest absolute Gasteiger partial charge is 0.243 e. The third-order valence-electron chi connectivity index (χ3n) is 3.62. The molecule has 1 aromatic carbocycles. The van der Waals surface area contributed by atoms with Crippen LogP contribution in [0.25, 0.3) is 11.4 Å². The van der Waals surface area contributed by atoms with Gasteiger partial charge in [0.25, 0.3) is 0 Å². The molecular formula is C19H24N4O2. The second kappa shape index (κ2) is 8.92. The summed E-state index contributed by atoms with van der Waals surface area (Å²) in [5.41, 5.74) is 2.44. The lowest BCUT2D eigenvalue weighted by molar-refractivity contribution is -0.124. The van der Waals surface area contributed by atoms with E-state index in [1.54, 1.807) is 18.3 Å². The number of hydrogen-bond donors (Lipinski definition) is 2. The number of carbonyl (C=O) groups excluding carboxylic acids is 2. The molecule has 0 atom stereocenters.